The molecule has 0 saturated carbocycles. The van der Waals surface area contributed by atoms with Gasteiger partial charge in [0.1, 0.15) is 5.82 Å². The third kappa shape index (κ3) is 2.93. The first-order valence-corrected chi connectivity index (χ1v) is 5.98. The van der Waals surface area contributed by atoms with Crippen molar-refractivity contribution >= 4 is 0 Å². The number of halogens is 1. The van der Waals surface area contributed by atoms with E-state index in [0.29, 0.717) is 6.42 Å². The van der Waals surface area contributed by atoms with E-state index in [4.69, 9.17) is 5.73 Å². The van der Waals surface area contributed by atoms with Crippen LogP contribution >= 0.6 is 0 Å². The maximum Gasteiger partial charge on any atom is 0.141 e. The quantitative estimate of drug-likeness (QED) is 0.901. The van der Waals surface area contributed by atoms with Crippen LogP contribution in [0.25, 0.3) is 0 Å². The Morgan fingerprint density at radius 2 is 2.00 bits per heavy atom. The second-order valence-corrected chi connectivity index (χ2v) is 4.68. The predicted octanol–water partition coefficient (Wildman–Crippen LogP) is 3.08. The molecule has 94 valence electrons. The SMILES string of the molecule is Cc1ccc(C)c(CC(N)c2cncc(F)c2)c1. The third-order valence-corrected chi connectivity index (χ3v) is 3.10. The number of pyridine rings is 1. The predicted molar refractivity (Wildman–Crippen MR) is 70.7 cm³/mol. The van der Waals surface area contributed by atoms with Crippen LogP contribution in [0.4, 0.5) is 4.39 Å². The van der Waals surface area contributed by atoms with Crippen LogP contribution < -0.4 is 5.73 Å². The van der Waals surface area contributed by atoms with Gasteiger partial charge in [0.25, 0.3) is 0 Å². The van der Waals surface area contributed by atoms with Gasteiger partial charge in [-0.2, -0.15) is 0 Å². The van der Waals surface area contributed by atoms with Crippen LogP contribution in [-0.4, -0.2) is 4.98 Å². The minimum Gasteiger partial charge on any atom is -0.324 e. The van der Waals surface area contributed by atoms with E-state index in [-0.39, 0.29) is 11.9 Å². The number of benzene rings is 1. The zero-order valence-corrected chi connectivity index (χ0v) is 10.7. The van der Waals surface area contributed by atoms with Crippen molar-refractivity contribution in [3.63, 3.8) is 0 Å². The van der Waals surface area contributed by atoms with Gasteiger partial charge in [0, 0.05) is 12.2 Å². The Morgan fingerprint density at radius 3 is 2.72 bits per heavy atom. The molecule has 2 rings (SSSR count). The molecule has 2 aromatic rings. The zero-order chi connectivity index (χ0) is 13.1. The van der Waals surface area contributed by atoms with E-state index in [0.717, 1.165) is 5.56 Å². The van der Waals surface area contributed by atoms with Gasteiger partial charge < -0.3 is 5.73 Å². The summed E-state index contributed by atoms with van der Waals surface area (Å²) in [5, 5.41) is 0. The van der Waals surface area contributed by atoms with Crippen LogP contribution in [-0.2, 0) is 6.42 Å². The van der Waals surface area contributed by atoms with Crippen molar-refractivity contribution in [1.29, 1.82) is 0 Å². The second-order valence-electron chi connectivity index (χ2n) is 4.68. The summed E-state index contributed by atoms with van der Waals surface area (Å²) in [6.07, 6.45) is 3.51. The summed E-state index contributed by atoms with van der Waals surface area (Å²) in [5.41, 5.74) is 10.5. The Hall–Kier alpha value is -1.74. The van der Waals surface area contributed by atoms with Crippen LogP contribution in [0.3, 0.4) is 0 Å². The molecule has 0 spiro atoms. The van der Waals surface area contributed by atoms with Crippen LogP contribution in [0.15, 0.2) is 36.7 Å². The minimum absolute atomic E-state index is 0.228. The molecule has 2 nitrogen and oxygen atoms in total. The number of rotatable bonds is 3. The lowest BCUT2D eigenvalue weighted by molar-refractivity contribution is 0.610. The zero-order valence-electron chi connectivity index (χ0n) is 10.7. The molecule has 0 amide bonds. The summed E-state index contributed by atoms with van der Waals surface area (Å²) in [6, 6.07) is 7.51. The summed E-state index contributed by atoms with van der Waals surface area (Å²) in [4.78, 5) is 3.83. The molecule has 0 aliphatic heterocycles. The highest BCUT2D eigenvalue weighted by Crippen LogP contribution is 2.19. The fourth-order valence-electron chi connectivity index (χ4n) is 2.01. The van der Waals surface area contributed by atoms with E-state index in [1.54, 1.807) is 6.20 Å². The van der Waals surface area contributed by atoms with Crippen molar-refractivity contribution < 1.29 is 4.39 Å². The normalized spacial score (nSPS) is 12.4. The van der Waals surface area contributed by atoms with Crippen molar-refractivity contribution in [2.45, 2.75) is 26.3 Å². The van der Waals surface area contributed by atoms with Gasteiger partial charge in [0.15, 0.2) is 0 Å². The Morgan fingerprint density at radius 1 is 1.22 bits per heavy atom. The first-order chi connectivity index (χ1) is 8.56. The molecule has 1 unspecified atom stereocenters. The van der Waals surface area contributed by atoms with Gasteiger partial charge in [0.05, 0.1) is 6.20 Å². The summed E-state index contributed by atoms with van der Waals surface area (Å²) >= 11 is 0. The van der Waals surface area contributed by atoms with Crippen LogP contribution in [0.2, 0.25) is 0 Å². The largest absolute Gasteiger partial charge is 0.324 e. The Labute approximate surface area is 107 Å². The Kier molecular flexibility index (Phi) is 3.72. The summed E-state index contributed by atoms with van der Waals surface area (Å²) in [6.45, 7) is 4.11. The van der Waals surface area contributed by atoms with Gasteiger partial charge >= 0.3 is 0 Å². The van der Waals surface area contributed by atoms with Crippen molar-refractivity contribution in [3.8, 4) is 0 Å². The number of nitrogens with zero attached hydrogens (tertiary/aromatic N) is 1. The molecule has 0 fully saturated rings. The minimum atomic E-state index is -0.344. The fourth-order valence-corrected chi connectivity index (χ4v) is 2.01. The number of hydrogen-bond acceptors (Lipinski definition) is 2. The molecule has 0 aliphatic carbocycles. The second kappa shape index (κ2) is 5.27. The fraction of sp³-hybridized carbons (Fsp3) is 0.267. The molecule has 3 heteroatoms. The van der Waals surface area contributed by atoms with Crippen molar-refractivity contribution in [3.05, 3.63) is 64.7 Å². The van der Waals surface area contributed by atoms with Gasteiger partial charge in [-0.25, -0.2) is 4.39 Å². The molecule has 0 bridgehead atoms. The maximum absolute atomic E-state index is 13.1. The average molecular weight is 244 g/mol. The summed E-state index contributed by atoms with van der Waals surface area (Å²) < 4.78 is 13.1. The Balaban J connectivity index is 2.21. The van der Waals surface area contributed by atoms with Crippen molar-refractivity contribution in [2.24, 2.45) is 5.73 Å². The molecule has 18 heavy (non-hydrogen) atoms. The van der Waals surface area contributed by atoms with Gasteiger partial charge in [-0.3, -0.25) is 4.98 Å². The van der Waals surface area contributed by atoms with Crippen LogP contribution in [0.5, 0.6) is 0 Å². The lowest BCUT2D eigenvalue weighted by atomic mass is 9.96. The summed E-state index contributed by atoms with van der Waals surface area (Å²) in [7, 11) is 0. The maximum atomic E-state index is 13.1. The molecule has 1 heterocycles. The monoisotopic (exact) mass is 244 g/mol. The van der Waals surface area contributed by atoms with Crippen LogP contribution in [0, 0.1) is 19.7 Å². The lowest BCUT2D eigenvalue weighted by Gasteiger charge is -2.14. The summed E-state index contributed by atoms with van der Waals surface area (Å²) in [5.74, 6) is -0.344. The van der Waals surface area contributed by atoms with E-state index in [2.05, 4.69) is 37.0 Å². The molecule has 1 aromatic heterocycles. The topological polar surface area (TPSA) is 38.9 Å². The Bertz CT molecular complexity index is 552. The third-order valence-electron chi connectivity index (χ3n) is 3.10. The van der Waals surface area contributed by atoms with Gasteiger partial charge in [-0.1, -0.05) is 23.8 Å². The molecule has 0 aliphatic rings. The van der Waals surface area contributed by atoms with Crippen molar-refractivity contribution in [1.82, 2.24) is 4.98 Å². The van der Waals surface area contributed by atoms with E-state index in [1.807, 2.05) is 0 Å². The number of aromatic nitrogens is 1. The standard InChI is InChI=1S/C15H17FN2/c1-10-3-4-11(2)12(5-10)7-15(17)13-6-14(16)9-18-8-13/h3-6,8-9,15H,7,17H2,1-2H3. The van der Waals surface area contributed by atoms with Gasteiger partial charge in [-0.15, -0.1) is 0 Å². The molecular weight excluding hydrogens is 227 g/mol. The lowest BCUT2D eigenvalue weighted by Crippen LogP contribution is -2.14. The molecule has 2 N–H and O–H groups in total. The molecule has 1 atom stereocenters. The highest BCUT2D eigenvalue weighted by molar-refractivity contribution is 5.32. The molecular formula is C15H17FN2. The average Bonchev–Trinajstić information content (AvgIpc) is 2.34. The van der Waals surface area contributed by atoms with E-state index < -0.39 is 0 Å². The van der Waals surface area contributed by atoms with E-state index >= 15 is 0 Å². The molecule has 0 saturated heterocycles. The van der Waals surface area contributed by atoms with Gasteiger partial charge in [-0.05, 0) is 43.0 Å². The number of aryl methyl sites for hydroxylation is 2. The number of nitrogens with two attached hydrogens (primary N) is 1. The number of hydrogen-bond donors (Lipinski definition) is 1. The first-order valence-electron chi connectivity index (χ1n) is 5.98. The van der Waals surface area contributed by atoms with Gasteiger partial charge in [0.2, 0.25) is 0 Å². The highest BCUT2D eigenvalue weighted by atomic mass is 19.1. The molecule has 0 radical (unpaired) electrons. The smallest absolute Gasteiger partial charge is 0.141 e. The van der Waals surface area contributed by atoms with E-state index in [1.165, 1.54) is 29.0 Å². The first kappa shape index (κ1) is 12.7. The van der Waals surface area contributed by atoms with Crippen molar-refractivity contribution in [2.75, 3.05) is 0 Å². The van der Waals surface area contributed by atoms with E-state index in [9.17, 15) is 4.39 Å². The molecule has 1 aromatic carbocycles. The van der Waals surface area contributed by atoms with Crippen LogP contribution in [0.1, 0.15) is 28.3 Å². The highest BCUT2D eigenvalue weighted by Gasteiger charge is 2.10.